The van der Waals surface area contributed by atoms with Crippen LogP contribution in [0.25, 0.3) is 0 Å². The Kier molecular flexibility index (Phi) is 10.7. The lowest BCUT2D eigenvalue weighted by molar-refractivity contribution is -0.119. The molecule has 0 bridgehead atoms. The Labute approximate surface area is 243 Å². The Morgan fingerprint density at radius 3 is 2.27 bits per heavy atom. The van der Waals surface area contributed by atoms with E-state index < -0.39 is 0 Å². The minimum Gasteiger partial charge on any atom is -0.347 e. The highest BCUT2D eigenvalue weighted by molar-refractivity contribution is 6.00. The molecular weight excluding hydrogens is 512 g/mol. The van der Waals surface area contributed by atoms with E-state index in [2.05, 4.69) is 29.8 Å². The molecule has 1 aliphatic rings. The average molecular weight is 555 g/mol. The maximum Gasteiger partial charge on any atom is 0.253 e. The standard InChI is InChI=1S/C34H42N4O3/c1-4-18-38(19-5-2)34(41)27-13-9-12-26(21-27)32(39)37-31(20-25-10-7-6-8-11-25)30-22-28(23-35-30)33(40)36-29-16-14-24(3)15-17-29/h6-17,21,28,30-31,35H,4-5,18-20,22-23H2,1-3H3,(H,36,40)(H,37,39)/t28-,30-,31-/m0/s1. The van der Waals surface area contributed by atoms with E-state index in [0.29, 0.717) is 43.6 Å². The molecule has 41 heavy (non-hydrogen) atoms. The molecule has 216 valence electrons. The lowest BCUT2D eigenvalue weighted by atomic mass is 9.94. The summed E-state index contributed by atoms with van der Waals surface area (Å²) in [6.45, 7) is 8.04. The first kappa shape index (κ1) is 30.0. The molecule has 0 saturated carbocycles. The zero-order valence-corrected chi connectivity index (χ0v) is 24.4. The van der Waals surface area contributed by atoms with Crippen molar-refractivity contribution in [2.24, 2.45) is 5.92 Å². The van der Waals surface area contributed by atoms with Gasteiger partial charge in [0.15, 0.2) is 0 Å². The molecule has 7 heteroatoms. The van der Waals surface area contributed by atoms with Gasteiger partial charge in [0, 0.05) is 48.5 Å². The molecule has 0 unspecified atom stereocenters. The molecule has 0 radical (unpaired) electrons. The molecular formula is C34H42N4O3. The zero-order chi connectivity index (χ0) is 29.2. The van der Waals surface area contributed by atoms with Crippen molar-refractivity contribution in [3.8, 4) is 0 Å². The van der Waals surface area contributed by atoms with Crippen LogP contribution >= 0.6 is 0 Å². The smallest absolute Gasteiger partial charge is 0.253 e. The van der Waals surface area contributed by atoms with E-state index in [-0.39, 0.29) is 35.7 Å². The van der Waals surface area contributed by atoms with E-state index in [9.17, 15) is 14.4 Å². The molecule has 3 atom stereocenters. The van der Waals surface area contributed by atoms with Gasteiger partial charge in [-0.3, -0.25) is 14.4 Å². The number of nitrogens with zero attached hydrogens (tertiary/aromatic N) is 1. The van der Waals surface area contributed by atoms with E-state index in [0.717, 1.165) is 29.7 Å². The predicted molar refractivity (Wildman–Crippen MR) is 164 cm³/mol. The summed E-state index contributed by atoms with van der Waals surface area (Å²) < 4.78 is 0. The van der Waals surface area contributed by atoms with Crippen molar-refractivity contribution < 1.29 is 14.4 Å². The maximum absolute atomic E-state index is 13.5. The quantitative estimate of drug-likeness (QED) is 0.287. The number of hydrogen-bond donors (Lipinski definition) is 3. The summed E-state index contributed by atoms with van der Waals surface area (Å²) in [5.74, 6) is -0.513. The van der Waals surface area contributed by atoms with Crippen molar-refractivity contribution in [3.05, 3.63) is 101 Å². The summed E-state index contributed by atoms with van der Waals surface area (Å²) >= 11 is 0. The first-order chi connectivity index (χ1) is 19.9. The Bertz CT molecular complexity index is 1300. The van der Waals surface area contributed by atoms with E-state index >= 15 is 0 Å². The van der Waals surface area contributed by atoms with Crippen LogP contribution in [-0.2, 0) is 11.2 Å². The number of amides is 3. The van der Waals surface area contributed by atoms with Gasteiger partial charge in [-0.1, -0.05) is 67.9 Å². The first-order valence-electron chi connectivity index (χ1n) is 14.7. The summed E-state index contributed by atoms with van der Waals surface area (Å²) in [4.78, 5) is 41.6. The summed E-state index contributed by atoms with van der Waals surface area (Å²) in [7, 11) is 0. The van der Waals surface area contributed by atoms with Gasteiger partial charge in [0.25, 0.3) is 11.8 Å². The third-order valence-corrected chi connectivity index (χ3v) is 7.60. The Balaban J connectivity index is 1.47. The van der Waals surface area contributed by atoms with E-state index in [1.807, 2.05) is 66.4 Å². The number of anilines is 1. The SMILES string of the molecule is CCCN(CCC)C(=O)c1cccc(C(=O)N[C@@H](Cc2ccccc2)[C@@H]2C[C@H](C(=O)Nc3ccc(C)cc3)CN2)c1. The Morgan fingerprint density at radius 1 is 0.902 bits per heavy atom. The molecule has 3 amide bonds. The average Bonchev–Trinajstić information content (AvgIpc) is 3.49. The van der Waals surface area contributed by atoms with Gasteiger partial charge in [0.1, 0.15) is 0 Å². The van der Waals surface area contributed by atoms with Crippen LogP contribution in [-0.4, -0.2) is 54.3 Å². The van der Waals surface area contributed by atoms with Crippen LogP contribution in [0.2, 0.25) is 0 Å². The molecule has 0 aliphatic carbocycles. The van der Waals surface area contributed by atoms with Crippen molar-refractivity contribution in [1.29, 1.82) is 0 Å². The Hall–Kier alpha value is -3.97. The van der Waals surface area contributed by atoms with Crippen LogP contribution in [0.15, 0.2) is 78.9 Å². The van der Waals surface area contributed by atoms with Gasteiger partial charge in [-0.2, -0.15) is 0 Å². The minimum atomic E-state index is -0.238. The van der Waals surface area contributed by atoms with Gasteiger partial charge < -0.3 is 20.9 Å². The molecule has 3 N–H and O–H groups in total. The van der Waals surface area contributed by atoms with Crippen molar-refractivity contribution in [2.75, 3.05) is 25.0 Å². The minimum absolute atomic E-state index is 0.0245. The van der Waals surface area contributed by atoms with Crippen molar-refractivity contribution in [3.63, 3.8) is 0 Å². The molecule has 1 aliphatic heterocycles. The number of hydrogen-bond acceptors (Lipinski definition) is 4. The highest BCUT2D eigenvalue weighted by atomic mass is 16.2. The first-order valence-corrected chi connectivity index (χ1v) is 14.7. The fourth-order valence-corrected chi connectivity index (χ4v) is 5.40. The second-order valence-corrected chi connectivity index (χ2v) is 10.9. The van der Waals surface area contributed by atoms with Gasteiger partial charge in [-0.25, -0.2) is 0 Å². The zero-order valence-electron chi connectivity index (χ0n) is 24.4. The molecule has 3 aromatic carbocycles. The summed E-state index contributed by atoms with van der Waals surface area (Å²) in [6, 6.07) is 24.5. The summed E-state index contributed by atoms with van der Waals surface area (Å²) in [5, 5.41) is 9.75. The van der Waals surface area contributed by atoms with Crippen molar-refractivity contribution in [1.82, 2.24) is 15.5 Å². The highest BCUT2D eigenvalue weighted by Gasteiger charge is 2.35. The summed E-state index contributed by atoms with van der Waals surface area (Å²) in [6.07, 6.45) is 2.99. The maximum atomic E-state index is 13.5. The van der Waals surface area contributed by atoms with Crippen LogP contribution in [0.5, 0.6) is 0 Å². The number of carbonyl (C=O) groups is 3. The van der Waals surface area contributed by atoms with Crippen molar-refractivity contribution >= 4 is 23.4 Å². The number of benzene rings is 3. The second-order valence-electron chi connectivity index (χ2n) is 10.9. The molecule has 0 spiro atoms. The third kappa shape index (κ3) is 8.27. The van der Waals surface area contributed by atoms with Gasteiger partial charge >= 0.3 is 0 Å². The van der Waals surface area contributed by atoms with Crippen LogP contribution in [0.1, 0.15) is 65.0 Å². The number of carbonyl (C=O) groups excluding carboxylic acids is 3. The fraction of sp³-hybridized carbons (Fsp3) is 0.382. The second kappa shape index (κ2) is 14.6. The topological polar surface area (TPSA) is 90.5 Å². The molecule has 1 saturated heterocycles. The molecule has 7 nitrogen and oxygen atoms in total. The summed E-state index contributed by atoms with van der Waals surface area (Å²) in [5.41, 5.74) is 3.99. The highest BCUT2D eigenvalue weighted by Crippen LogP contribution is 2.22. The molecule has 4 rings (SSSR count). The Morgan fingerprint density at radius 2 is 1.59 bits per heavy atom. The van der Waals surface area contributed by atoms with E-state index in [4.69, 9.17) is 0 Å². The van der Waals surface area contributed by atoms with Crippen LogP contribution in [0.3, 0.4) is 0 Å². The van der Waals surface area contributed by atoms with Crippen LogP contribution in [0, 0.1) is 12.8 Å². The lowest BCUT2D eigenvalue weighted by Crippen LogP contribution is -2.48. The normalized spacial score (nSPS) is 17.0. The van der Waals surface area contributed by atoms with Gasteiger partial charge in [-0.15, -0.1) is 0 Å². The van der Waals surface area contributed by atoms with E-state index in [1.54, 1.807) is 24.3 Å². The number of rotatable bonds is 12. The predicted octanol–water partition coefficient (Wildman–Crippen LogP) is 5.22. The van der Waals surface area contributed by atoms with Crippen LogP contribution in [0.4, 0.5) is 5.69 Å². The monoisotopic (exact) mass is 554 g/mol. The molecule has 3 aromatic rings. The lowest BCUT2D eigenvalue weighted by Gasteiger charge is -2.26. The largest absolute Gasteiger partial charge is 0.347 e. The van der Waals surface area contributed by atoms with Crippen LogP contribution < -0.4 is 16.0 Å². The van der Waals surface area contributed by atoms with Gasteiger partial charge in [0.2, 0.25) is 5.91 Å². The third-order valence-electron chi connectivity index (χ3n) is 7.60. The van der Waals surface area contributed by atoms with Gasteiger partial charge in [0.05, 0.1) is 5.92 Å². The number of aryl methyl sites for hydroxylation is 1. The van der Waals surface area contributed by atoms with Gasteiger partial charge in [-0.05, 0) is 68.5 Å². The molecule has 0 aromatic heterocycles. The van der Waals surface area contributed by atoms with E-state index in [1.165, 1.54) is 0 Å². The fourth-order valence-electron chi connectivity index (χ4n) is 5.40. The van der Waals surface area contributed by atoms with Crippen molar-refractivity contribution in [2.45, 2.75) is 58.5 Å². The molecule has 1 heterocycles. The number of nitrogens with one attached hydrogen (secondary N) is 3. The molecule has 1 fully saturated rings.